The third kappa shape index (κ3) is 3.77. The molecule has 0 unspecified atom stereocenters. The second-order valence-corrected chi connectivity index (χ2v) is 7.03. The largest absolute Gasteiger partial charge is 0.323 e. The van der Waals surface area contributed by atoms with Crippen LogP contribution in [0.25, 0.3) is 0 Å². The van der Waals surface area contributed by atoms with Crippen molar-refractivity contribution in [2.24, 2.45) is 0 Å². The van der Waals surface area contributed by atoms with Gasteiger partial charge in [-0.15, -0.1) is 0 Å². The summed E-state index contributed by atoms with van der Waals surface area (Å²) < 4.78 is 63.9. The number of halogens is 3. The molecule has 5 nitrogen and oxygen atoms in total. The highest BCUT2D eigenvalue weighted by atomic mass is 32.2. The number of rotatable bonds is 4. The van der Waals surface area contributed by atoms with Crippen molar-refractivity contribution in [3.63, 3.8) is 0 Å². The van der Waals surface area contributed by atoms with E-state index in [0.29, 0.717) is 19.0 Å². The number of nitrogens with one attached hydrogen (secondary N) is 1. The van der Waals surface area contributed by atoms with Gasteiger partial charge in [-0.3, -0.25) is 4.79 Å². The molecule has 0 aliphatic carbocycles. The Morgan fingerprint density at radius 3 is 2.59 bits per heavy atom. The summed E-state index contributed by atoms with van der Waals surface area (Å²) >= 11 is 0. The zero-order valence-electron chi connectivity index (χ0n) is 11.6. The van der Waals surface area contributed by atoms with Crippen LogP contribution in [-0.2, 0) is 14.8 Å². The molecule has 1 heterocycles. The van der Waals surface area contributed by atoms with Crippen molar-refractivity contribution >= 4 is 21.6 Å². The number of benzene rings is 1. The Labute approximate surface area is 126 Å². The fourth-order valence-electron chi connectivity index (χ4n) is 2.15. The summed E-state index contributed by atoms with van der Waals surface area (Å²) in [6, 6.07) is 1.60. The van der Waals surface area contributed by atoms with E-state index in [2.05, 4.69) is 5.32 Å². The molecule has 2 rings (SSSR count). The van der Waals surface area contributed by atoms with E-state index in [-0.39, 0.29) is 18.7 Å². The first-order valence-corrected chi connectivity index (χ1v) is 8.33. The summed E-state index contributed by atoms with van der Waals surface area (Å²) in [5, 5.41) is 2.10. The summed E-state index contributed by atoms with van der Waals surface area (Å²) in [6.07, 6.45) is 1.11. The highest BCUT2D eigenvalue weighted by molar-refractivity contribution is 7.89. The SMILES string of the molecule is O=C(CCN1CCCCS1(=O)=O)Nc1ccc(F)c(F)c1F. The van der Waals surface area contributed by atoms with Gasteiger partial charge in [-0.2, -0.15) is 0 Å². The molecule has 0 bridgehead atoms. The van der Waals surface area contributed by atoms with Gasteiger partial charge in [0.25, 0.3) is 0 Å². The molecule has 22 heavy (non-hydrogen) atoms. The molecule has 1 aliphatic rings. The lowest BCUT2D eigenvalue weighted by Crippen LogP contribution is -2.39. The van der Waals surface area contributed by atoms with Gasteiger partial charge in [0.1, 0.15) is 0 Å². The molecule has 9 heteroatoms. The van der Waals surface area contributed by atoms with Crippen LogP contribution < -0.4 is 5.32 Å². The number of hydrogen-bond acceptors (Lipinski definition) is 3. The molecule has 0 aromatic heterocycles. The van der Waals surface area contributed by atoms with Crippen LogP contribution in [0, 0.1) is 17.5 Å². The Morgan fingerprint density at radius 1 is 1.18 bits per heavy atom. The molecule has 0 atom stereocenters. The summed E-state index contributed by atoms with van der Waals surface area (Å²) in [6.45, 7) is 0.314. The highest BCUT2D eigenvalue weighted by Crippen LogP contribution is 2.20. The molecular formula is C13H15F3N2O3S. The fraction of sp³-hybridized carbons (Fsp3) is 0.462. The molecule has 0 radical (unpaired) electrons. The summed E-state index contributed by atoms with van der Waals surface area (Å²) in [7, 11) is -3.34. The zero-order chi connectivity index (χ0) is 16.3. The number of carbonyl (C=O) groups excluding carboxylic acids is 1. The maximum atomic E-state index is 13.4. The number of sulfonamides is 1. The number of amides is 1. The van der Waals surface area contributed by atoms with E-state index in [1.54, 1.807) is 0 Å². The Balaban J connectivity index is 1.95. The van der Waals surface area contributed by atoms with Crippen molar-refractivity contribution in [3.8, 4) is 0 Å². The van der Waals surface area contributed by atoms with Crippen molar-refractivity contribution < 1.29 is 26.4 Å². The van der Waals surface area contributed by atoms with Crippen LogP contribution in [-0.4, -0.2) is 37.5 Å². The number of anilines is 1. The molecule has 1 aromatic carbocycles. The Bertz CT molecular complexity index is 679. The van der Waals surface area contributed by atoms with Crippen molar-refractivity contribution in [3.05, 3.63) is 29.6 Å². The maximum absolute atomic E-state index is 13.4. The van der Waals surface area contributed by atoms with Crippen LogP contribution in [0.1, 0.15) is 19.3 Å². The molecule has 0 saturated carbocycles. The van der Waals surface area contributed by atoms with E-state index in [4.69, 9.17) is 0 Å². The maximum Gasteiger partial charge on any atom is 0.225 e. The van der Waals surface area contributed by atoms with Crippen molar-refractivity contribution in [2.75, 3.05) is 24.2 Å². The Morgan fingerprint density at radius 2 is 1.91 bits per heavy atom. The lowest BCUT2D eigenvalue weighted by molar-refractivity contribution is -0.116. The molecule has 1 aliphatic heterocycles. The molecule has 1 saturated heterocycles. The first-order chi connectivity index (χ1) is 10.3. The van der Waals surface area contributed by atoms with E-state index in [1.165, 1.54) is 4.31 Å². The third-order valence-electron chi connectivity index (χ3n) is 3.35. The van der Waals surface area contributed by atoms with Crippen LogP contribution in [0.2, 0.25) is 0 Å². The average Bonchev–Trinajstić information content (AvgIpc) is 2.46. The van der Waals surface area contributed by atoms with Gasteiger partial charge in [0.05, 0.1) is 11.4 Å². The van der Waals surface area contributed by atoms with E-state index in [9.17, 15) is 26.4 Å². The first kappa shape index (κ1) is 16.8. The quantitative estimate of drug-likeness (QED) is 0.854. The minimum Gasteiger partial charge on any atom is -0.323 e. The normalized spacial score (nSPS) is 18.1. The first-order valence-electron chi connectivity index (χ1n) is 6.72. The van der Waals surface area contributed by atoms with E-state index in [1.807, 2.05) is 0 Å². The lowest BCUT2D eigenvalue weighted by Gasteiger charge is -2.25. The van der Waals surface area contributed by atoms with Crippen LogP contribution in [0.4, 0.5) is 18.9 Å². The highest BCUT2D eigenvalue weighted by Gasteiger charge is 2.26. The average molecular weight is 336 g/mol. The van der Waals surface area contributed by atoms with Gasteiger partial charge in [-0.05, 0) is 25.0 Å². The third-order valence-corrected chi connectivity index (χ3v) is 5.31. The summed E-state index contributed by atoms with van der Waals surface area (Å²) in [5.74, 6) is -5.14. The van der Waals surface area contributed by atoms with E-state index >= 15 is 0 Å². The van der Waals surface area contributed by atoms with Crippen molar-refractivity contribution in [1.82, 2.24) is 4.31 Å². The predicted octanol–water partition coefficient (Wildman–Crippen LogP) is 1.86. The smallest absolute Gasteiger partial charge is 0.225 e. The van der Waals surface area contributed by atoms with Gasteiger partial charge >= 0.3 is 0 Å². The van der Waals surface area contributed by atoms with Gasteiger partial charge in [-0.25, -0.2) is 25.9 Å². The topological polar surface area (TPSA) is 66.5 Å². The molecule has 0 spiro atoms. The molecule has 1 N–H and O–H groups in total. The minimum absolute atomic E-state index is 0.0283. The van der Waals surface area contributed by atoms with Crippen LogP contribution in [0.15, 0.2) is 12.1 Å². The van der Waals surface area contributed by atoms with Crippen LogP contribution in [0.5, 0.6) is 0 Å². The second kappa shape index (κ2) is 6.66. The van der Waals surface area contributed by atoms with Gasteiger partial charge in [-0.1, -0.05) is 0 Å². The fourth-order valence-corrected chi connectivity index (χ4v) is 3.76. The minimum atomic E-state index is -3.34. The molecular weight excluding hydrogens is 321 g/mol. The second-order valence-electron chi connectivity index (χ2n) is 4.94. The Hall–Kier alpha value is -1.61. The number of nitrogens with zero attached hydrogens (tertiary/aromatic N) is 1. The van der Waals surface area contributed by atoms with Crippen molar-refractivity contribution in [2.45, 2.75) is 19.3 Å². The molecule has 1 amide bonds. The standard InChI is InChI=1S/C13H15F3N2O3S/c14-9-3-4-10(13(16)12(9)15)17-11(19)5-7-18-6-1-2-8-22(18,20)21/h3-4H,1-2,5-8H2,(H,17,19). The van der Waals surface area contributed by atoms with Crippen LogP contribution >= 0.6 is 0 Å². The Kier molecular flexibility index (Phi) is 5.07. The van der Waals surface area contributed by atoms with Gasteiger partial charge in [0, 0.05) is 19.5 Å². The summed E-state index contributed by atoms with van der Waals surface area (Å²) in [4.78, 5) is 11.7. The summed E-state index contributed by atoms with van der Waals surface area (Å²) in [5.41, 5.74) is -0.481. The van der Waals surface area contributed by atoms with E-state index < -0.39 is 39.1 Å². The lowest BCUT2D eigenvalue weighted by atomic mass is 10.2. The molecule has 122 valence electrons. The number of carbonyl (C=O) groups is 1. The predicted molar refractivity (Wildman–Crippen MR) is 74.2 cm³/mol. The van der Waals surface area contributed by atoms with Crippen LogP contribution in [0.3, 0.4) is 0 Å². The zero-order valence-corrected chi connectivity index (χ0v) is 12.4. The van der Waals surface area contributed by atoms with Gasteiger partial charge in [0.15, 0.2) is 17.5 Å². The van der Waals surface area contributed by atoms with Gasteiger partial charge in [0.2, 0.25) is 15.9 Å². The van der Waals surface area contributed by atoms with Gasteiger partial charge < -0.3 is 5.32 Å². The van der Waals surface area contributed by atoms with Crippen molar-refractivity contribution in [1.29, 1.82) is 0 Å². The number of hydrogen-bond donors (Lipinski definition) is 1. The van der Waals surface area contributed by atoms with E-state index in [0.717, 1.165) is 12.5 Å². The molecule has 1 aromatic rings. The molecule has 1 fully saturated rings. The monoisotopic (exact) mass is 336 g/mol.